The molecule has 1 unspecified atom stereocenters. The molecule has 1 aliphatic rings. The number of halogens is 2. The lowest BCUT2D eigenvalue weighted by molar-refractivity contribution is 0.0962. The minimum Gasteiger partial charge on any atom is -0.293 e. The molecule has 1 heterocycles. The van der Waals surface area contributed by atoms with E-state index in [2.05, 4.69) is 4.99 Å². The average Bonchev–Trinajstić information content (AvgIpc) is 2.15. The first-order valence-corrected chi connectivity index (χ1v) is 4.17. The lowest BCUT2D eigenvalue weighted by Gasteiger charge is -2.13. The summed E-state index contributed by atoms with van der Waals surface area (Å²) in [6.07, 6.45) is 1.43. The molecule has 4 heteroatoms. The largest absolute Gasteiger partial charge is 0.293 e. The van der Waals surface area contributed by atoms with Crippen molar-refractivity contribution in [3.63, 3.8) is 0 Å². The van der Waals surface area contributed by atoms with E-state index in [4.69, 9.17) is 0 Å². The van der Waals surface area contributed by atoms with Gasteiger partial charge < -0.3 is 0 Å². The Hall–Kier alpha value is -1.58. The second-order valence-corrected chi connectivity index (χ2v) is 3.21. The van der Waals surface area contributed by atoms with Gasteiger partial charge in [0.15, 0.2) is 17.4 Å². The van der Waals surface area contributed by atoms with Crippen LogP contribution in [0.4, 0.5) is 14.5 Å². The number of aliphatic imine (C=N–C) groups is 1. The number of rotatable bonds is 0. The van der Waals surface area contributed by atoms with Crippen LogP contribution in [0.5, 0.6) is 0 Å². The molecule has 0 N–H and O–H groups in total. The minimum atomic E-state index is -1.01. The summed E-state index contributed by atoms with van der Waals surface area (Å²) in [4.78, 5) is 15.4. The summed E-state index contributed by atoms with van der Waals surface area (Å²) in [6.45, 7) is 1.66. The Morgan fingerprint density at radius 1 is 1.29 bits per heavy atom. The number of hydrogen-bond donors (Lipinski definition) is 0. The molecule has 0 spiro atoms. The van der Waals surface area contributed by atoms with Crippen molar-refractivity contribution in [1.82, 2.24) is 0 Å². The Morgan fingerprint density at radius 3 is 2.64 bits per heavy atom. The van der Waals surface area contributed by atoms with Gasteiger partial charge in [-0.1, -0.05) is 6.92 Å². The predicted molar refractivity (Wildman–Crippen MR) is 48.0 cm³/mol. The Morgan fingerprint density at radius 2 is 1.93 bits per heavy atom. The number of ketones is 1. The summed E-state index contributed by atoms with van der Waals surface area (Å²) < 4.78 is 25.6. The minimum absolute atomic E-state index is 0.152. The first-order chi connectivity index (χ1) is 6.59. The zero-order chi connectivity index (χ0) is 10.3. The van der Waals surface area contributed by atoms with Crippen molar-refractivity contribution in [2.45, 2.75) is 6.92 Å². The van der Waals surface area contributed by atoms with Crippen molar-refractivity contribution < 1.29 is 13.6 Å². The molecule has 72 valence electrons. The van der Waals surface area contributed by atoms with Crippen LogP contribution in [-0.4, -0.2) is 12.0 Å². The molecular weight excluding hydrogens is 188 g/mol. The fourth-order valence-electron chi connectivity index (χ4n) is 1.35. The monoisotopic (exact) mass is 195 g/mol. The molecule has 2 rings (SSSR count). The van der Waals surface area contributed by atoms with Crippen LogP contribution in [0, 0.1) is 17.6 Å². The quantitative estimate of drug-likeness (QED) is 0.625. The molecule has 0 bridgehead atoms. The van der Waals surface area contributed by atoms with Crippen molar-refractivity contribution in [3.05, 3.63) is 29.3 Å². The fourth-order valence-corrected chi connectivity index (χ4v) is 1.35. The Bertz CT molecular complexity index is 440. The van der Waals surface area contributed by atoms with Gasteiger partial charge in [-0.2, -0.15) is 0 Å². The van der Waals surface area contributed by atoms with Gasteiger partial charge in [0.25, 0.3) is 0 Å². The molecule has 1 aromatic carbocycles. The number of Topliss-reactive ketones (excluding diaryl/α,β-unsaturated/α-hetero) is 1. The zero-order valence-corrected chi connectivity index (χ0v) is 7.42. The summed E-state index contributed by atoms with van der Waals surface area (Å²) in [6, 6.07) is 1.84. The van der Waals surface area contributed by atoms with E-state index in [-0.39, 0.29) is 23.0 Å². The molecule has 0 saturated carbocycles. The van der Waals surface area contributed by atoms with E-state index in [9.17, 15) is 13.6 Å². The number of hydrogen-bond acceptors (Lipinski definition) is 2. The van der Waals surface area contributed by atoms with Crippen LogP contribution in [0.25, 0.3) is 0 Å². The zero-order valence-electron chi connectivity index (χ0n) is 7.42. The van der Waals surface area contributed by atoms with Gasteiger partial charge in [0.2, 0.25) is 0 Å². The van der Waals surface area contributed by atoms with Crippen LogP contribution < -0.4 is 0 Å². The first-order valence-electron chi connectivity index (χ1n) is 4.17. The van der Waals surface area contributed by atoms with Crippen LogP contribution in [0.3, 0.4) is 0 Å². The van der Waals surface area contributed by atoms with Gasteiger partial charge in [-0.25, -0.2) is 8.78 Å². The highest BCUT2D eigenvalue weighted by atomic mass is 19.2. The lowest BCUT2D eigenvalue weighted by Crippen LogP contribution is -2.16. The van der Waals surface area contributed by atoms with E-state index in [0.29, 0.717) is 0 Å². The maximum Gasteiger partial charge on any atom is 0.173 e. The number of carbonyl (C=O) groups is 1. The Kier molecular flexibility index (Phi) is 1.91. The summed E-state index contributed by atoms with van der Waals surface area (Å²) in [5.41, 5.74) is 0.353. The first kappa shape index (κ1) is 8.99. The molecule has 0 aliphatic carbocycles. The fraction of sp³-hybridized carbons (Fsp3) is 0.200. The smallest absolute Gasteiger partial charge is 0.173 e. The average molecular weight is 195 g/mol. The van der Waals surface area contributed by atoms with Gasteiger partial charge >= 0.3 is 0 Å². The number of carbonyl (C=O) groups excluding carboxylic acids is 1. The van der Waals surface area contributed by atoms with Crippen LogP contribution in [-0.2, 0) is 0 Å². The van der Waals surface area contributed by atoms with E-state index in [1.165, 1.54) is 6.21 Å². The highest BCUT2D eigenvalue weighted by Crippen LogP contribution is 2.28. The third-order valence-corrected chi connectivity index (χ3v) is 2.15. The maximum atomic E-state index is 12.8. The van der Waals surface area contributed by atoms with E-state index in [0.717, 1.165) is 12.1 Å². The summed E-state index contributed by atoms with van der Waals surface area (Å²) in [5.74, 6) is -2.59. The second-order valence-electron chi connectivity index (χ2n) is 3.21. The van der Waals surface area contributed by atoms with Crippen molar-refractivity contribution in [1.29, 1.82) is 0 Å². The number of nitrogens with zero attached hydrogens (tertiary/aromatic N) is 1. The molecular formula is C10H7F2NO. The molecule has 1 aromatic rings. The molecule has 0 fully saturated rings. The van der Waals surface area contributed by atoms with Crippen molar-refractivity contribution in [2.24, 2.45) is 10.9 Å². The standard InChI is InChI=1S/C10H7F2NO/c1-5-4-13-9-3-8(12)7(11)2-6(9)10(5)14/h2-5H,1H3. The van der Waals surface area contributed by atoms with Crippen molar-refractivity contribution in [2.75, 3.05) is 0 Å². The third-order valence-electron chi connectivity index (χ3n) is 2.15. The number of fused-ring (bicyclic) bond motifs is 1. The summed E-state index contributed by atoms with van der Waals surface area (Å²) >= 11 is 0. The molecule has 0 aromatic heterocycles. The maximum absolute atomic E-state index is 12.8. The van der Waals surface area contributed by atoms with Crippen LogP contribution >= 0.6 is 0 Å². The van der Waals surface area contributed by atoms with Crippen LogP contribution in [0.1, 0.15) is 17.3 Å². The van der Waals surface area contributed by atoms with Gasteiger partial charge in [-0.3, -0.25) is 9.79 Å². The van der Waals surface area contributed by atoms with Gasteiger partial charge in [0, 0.05) is 17.8 Å². The van der Waals surface area contributed by atoms with Crippen molar-refractivity contribution >= 4 is 17.7 Å². The van der Waals surface area contributed by atoms with E-state index < -0.39 is 11.6 Å². The van der Waals surface area contributed by atoms with E-state index in [1.54, 1.807) is 6.92 Å². The molecule has 0 amide bonds. The molecule has 2 nitrogen and oxygen atoms in total. The third kappa shape index (κ3) is 1.23. The Balaban J connectivity index is 2.64. The normalized spacial score (nSPS) is 19.6. The van der Waals surface area contributed by atoms with E-state index >= 15 is 0 Å². The van der Waals surface area contributed by atoms with Gasteiger partial charge in [-0.05, 0) is 6.07 Å². The van der Waals surface area contributed by atoms with E-state index in [1.807, 2.05) is 0 Å². The molecule has 1 atom stereocenters. The second kappa shape index (κ2) is 2.97. The molecule has 1 aliphatic heterocycles. The lowest BCUT2D eigenvalue weighted by atomic mass is 9.96. The summed E-state index contributed by atoms with van der Waals surface area (Å²) in [5, 5.41) is 0. The van der Waals surface area contributed by atoms with Crippen LogP contribution in [0.2, 0.25) is 0 Å². The van der Waals surface area contributed by atoms with Gasteiger partial charge in [-0.15, -0.1) is 0 Å². The molecule has 0 saturated heterocycles. The highest BCUT2D eigenvalue weighted by Gasteiger charge is 2.22. The molecule has 0 radical (unpaired) electrons. The number of benzene rings is 1. The van der Waals surface area contributed by atoms with Crippen LogP contribution in [0.15, 0.2) is 17.1 Å². The summed E-state index contributed by atoms with van der Waals surface area (Å²) in [7, 11) is 0. The highest BCUT2D eigenvalue weighted by molar-refractivity contribution is 6.11. The SMILES string of the molecule is CC1C=Nc2cc(F)c(F)cc2C1=O. The molecule has 14 heavy (non-hydrogen) atoms. The van der Waals surface area contributed by atoms with Crippen molar-refractivity contribution in [3.8, 4) is 0 Å². The Labute approximate surface area is 79.3 Å². The van der Waals surface area contributed by atoms with Gasteiger partial charge in [0.1, 0.15) is 0 Å². The van der Waals surface area contributed by atoms with Gasteiger partial charge in [0.05, 0.1) is 11.6 Å². The topological polar surface area (TPSA) is 29.4 Å². The predicted octanol–water partition coefficient (Wildman–Crippen LogP) is 2.50.